The summed E-state index contributed by atoms with van der Waals surface area (Å²) in [5.74, 6) is 0.969. The van der Waals surface area contributed by atoms with E-state index in [9.17, 15) is 9.59 Å². The monoisotopic (exact) mass is 363 g/mol. The third-order valence-electron chi connectivity index (χ3n) is 5.31. The summed E-state index contributed by atoms with van der Waals surface area (Å²) in [7, 11) is 1.80. The largest absolute Gasteiger partial charge is 0.395 e. The number of hydrogen-bond donors (Lipinski definition) is 3. The molecule has 26 heavy (non-hydrogen) atoms. The molecule has 144 valence electrons. The highest BCUT2D eigenvalue weighted by Gasteiger charge is 2.38. The van der Waals surface area contributed by atoms with E-state index in [4.69, 9.17) is 5.11 Å². The van der Waals surface area contributed by atoms with Crippen LogP contribution in [-0.2, 0) is 11.8 Å². The van der Waals surface area contributed by atoms with Gasteiger partial charge in [-0.1, -0.05) is 0 Å². The van der Waals surface area contributed by atoms with Gasteiger partial charge in [0.2, 0.25) is 5.91 Å². The summed E-state index contributed by atoms with van der Waals surface area (Å²) in [6.07, 6.45) is 8.28. The highest BCUT2D eigenvalue weighted by molar-refractivity contribution is 5.90. The summed E-state index contributed by atoms with van der Waals surface area (Å²) >= 11 is 0. The third kappa shape index (κ3) is 4.82. The lowest BCUT2D eigenvalue weighted by molar-refractivity contribution is -0.122. The molecule has 1 aromatic heterocycles. The number of aliphatic hydroxyl groups excluding tert-OH is 1. The Bertz CT molecular complexity index is 628. The van der Waals surface area contributed by atoms with E-state index in [2.05, 4.69) is 20.5 Å². The van der Waals surface area contributed by atoms with Crippen molar-refractivity contribution in [2.75, 3.05) is 26.2 Å². The molecule has 0 aromatic carbocycles. The first-order chi connectivity index (χ1) is 12.6. The number of aryl methyl sites for hydroxylation is 1. The Morgan fingerprint density at radius 3 is 2.65 bits per heavy atom. The smallest absolute Gasteiger partial charge is 0.287 e. The Hall–Kier alpha value is -1.93. The second kappa shape index (κ2) is 8.64. The lowest BCUT2D eigenvalue weighted by Gasteiger charge is -2.30. The third-order valence-corrected chi connectivity index (χ3v) is 5.31. The van der Waals surface area contributed by atoms with Crippen LogP contribution in [0.3, 0.4) is 0 Å². The van der Waals surface area contributed by atoms with Crippen LogP contribution in [0.5, 0.6) is 0 Å². The Labute approximate surface area is 154 Å². The summed E-state index contributed by atoms with van der Waals surface area (Å²) in [6, 6.07) is 0.472. The number of likely N-dealkylation sites (tertiary alicyclic amines) is 1. The molecule has 8 nitrogen and oxygen atoms in total. The van der Waals surface area contributed by atoms with Crippen LogP contribution >= 0.6 is 0 Å². The zero-order valence-corrected chi connectivity index (χ0v) is 15.4. The van der Waals surface area contributed by atoms with E-state index in [1.165, 1.54) is 12.8 Å². The molecule has 2 heterocycles. The molecule has 8 heteroatoms. The molecule has 2 amide bonds. The first kappa shape index (κ1) is 18.8. The number of aromatic nitrogens is 2. The number of aliphatic hydroxyl groups is 1. The maximum Gasteiger partial charge on any atom is 0.287 e. The minimum Gasteiger partial charge on any atom is -0.395 e. The van der Waals surface area contributed by atoms with Crippen LogP contribution in [0.15, 0.2) is 12.4 Å². The van der Waals surface area contributed by atoms with Crippen LogP contribution in [0.1, 0.15) is 42.7 Å². The molecule has 1 aromatic rings. The maximum atomic E-state index is 12.3. The number of hydrogen-bond acceptors (Lipinski definition) is 5. The van der Waals surface area contributed by atoms with E-state index in [1.807, 2.05) is 0 Å². The molecule has 2 atom stereocenters. The highest BCUT2D eigenvalue weighted by atomic mass is 16.3. The Morgan fingerprint density at radius 1 is 1.23 bits per heavy atom. The first-order valence-electron chi connectivity index (χ1n) is 9.47. The zero-order chi connectivity index (χ0) is 18.5. The number of rotatable bonds is 9. The Morgan fingerprint density at radius 2 is 2.00 bits per heavy atom. The van der Waals surface area contributed by atoms with Crippen molar-refractivity contribution in [2.45, 2.75) is 44.2 Å². The number of nitrogens with one attached hydrogen (secondary N) is 2. The standard InChI is InChI=1S/C18H29N5O3/c1-22-8-6-20-17(22)18(26)21-11-15-5-4-14(10-16(25)19-7-9-24)23(15)12-13-2-3-13/h6,8,13-15,24H,2-5,7,9-12H2,1H3,(H,19,25)(H,21,26)/t14-,15+/m1/s1. The van der Waals surface area contributed by atoms with Gasteiger partial charge in [-0.3, -0.25) is 14.5 Å². The molecule has 0 bridgehead atoms. The van der Waals surface area contributed by atoms with Crippen molar-refractivity contribution in [3.63, 3.8) is 0 Å². The zero-order valence-electron chi connectivity index (χ0n) is 15.4. The van der Waals surface area contributed by atoms with Crippen molar-refractivity contribution in [1.82, 2.24) is 25.1 Å². The molecule has 1 saturated heterocycles. The van der Waals surface area contributed by atoms with E-state index >= 15 is 0 Å². The second-order valence-electron chi connectivity index (χ2n) is 7.37. The molecule has 3 rings (SSSR count). The fourth-order valence-corrected chi connectivity index (χ4v) is 3.71. The molecule has 0 spiro atoms. The predicted molar refractivity (Wildman–Crippen MR) is 96.5 cm³/mol. The van der Waals surface area contributed by atoms with Crippen LogP contribution in [0, 0.1) is 5.92 Å². The molecular formula is C18H29N5O3. The van der Waals surface area contributed by atoms with E-state index < -0.39 is 0 Å². The first-order valence-corrected chi connectivity index (χ1v) is 9.47. The van der Waals surface area contributed by atoms with Crippen LogP contribution in [0.25, 0.3) is 0 Å². The van der Waals surface area contributed by atoms with E-state index in [0.29, 0.717) is 25.3 Å². The lowest BCUT2D eigenvalue weighted by atomic mass is 10.1. The van der Waals surface area contributed by atoms with Crippen molar-refractivity contribution >= 4 is 11.8 Å². The van der Waals surface area contributed by atoms with Crippen LogP contribution in [-0.4, -0.2) is 69.7 Å². The van der Waals surface area contributed by atoms with Gasteiger partial charge in [-0.2, -0.15) is 0 Å². The molecular weight excluding hydrogens is 334 g/mol. The van der Waals surface area contributed by atoms with Crippen molar-refractivity contribution in [3.05, 3.63) is 18.2 Å². The van der Waals surface area contributed by atoms with Gasteiger partial charge >= 0.3 is 0 Å². The fourth-order valence-electron chi connectivity index (χ4n) is 3.71. The van der Waals surface area contributed by atoms with Crippen LogP contribution in [0.4, 0.5) is 0 Å². The summed E-state index contributed by atoms with van der Waals surface area (Å²) in [4.78, 5) is 30.8. The summed E-state index contributed by atoms with van der Waals surface area (Å²) in [6.45, 7) is 1.84. The predicted octanol–water partition coefficient (Wildman–Crippen LogP) is -0.108. The van der Waals surface area contributed by atoms with Gasteiger partial charge in [0.05, 0.1) is 6.61 Å². The van der Waals surface area contributed by atoms with E-state index in [-0.39, 0.29) is 30.5 Å². The average Bonchev–Trinajstić information content (AvgIpc) is 3.22. The summed E-state index contributed by atoms with van der Waals surface area (Å²) in [5, 5.41) is 14.6. The highest BCUT2D eigenvalue weighted by Crippen LogP contribution is 2.35. The molecule has 0 unspecified atom stereocenters. The van der Waals surface area contributed by atoms with Gasteiger partial charge in [0.25, 0.3) is 5.91 Å². The van der Waals surface area contributed by atoms with Crippen molar-refractivity contribution in [2.24, 2.45) is 13.0 Å². The van der Waals surface area contributed by atoms with Crippen molar-refractivity contribution in [3.8, 4) is 0 Å². The van der Waals surface area contributed by atoms with Gasteiger partial charge in [-0.05, 0) is 31.6 Å². The lowest BCUT2D eigenvalue weighted by Crippen LogP contribution is -2.46. The number of amides is 2. The van der Waals surface area contributed by atoms with E-state index in [0.717, 1.165) is 25.3 Å². The minimum absolute atomic E-state index is 0.0115. The average molecular weight is 363 g/mol. The quantitative estimate of drug-likeness (QED) is 0.569. The summed E-state index contributed by atoms with van der Waals surface area (Å²) in [5.41, 5.74) is 0. The molecule has 2 fully saturated rings. The maximum absolute atomic E-state index is 12.3. The minimum atomic E-state index is -0.159. The Kier molecular flexibility index (Phi) is 6.26. The topological polar surface area (TPSA) is 99.5 Å². The van der Waals surface area contributed by atoms with Gasteiger partial charge in [0, 0.05) is 57.6 Å². The number of carbonyl (C=O) groups is 2. The van der Waals surface area contributed by atoms with Gasteiger partial charge in [0.1, 0.15) is 0 Å². The van der Waals surface area contributed by atoms with Crippen molar-refractivity contribution < 1.29 is 14.7 Å². The number of imidazole rings is 1. The Balaban J connectivity index is 1.54. The molecule has 1 aliphatic carbocycles. The van der Waals surface area contributed by atoms with Crippen LogP contribution < -0.4 is 10.6 Å². The van der Waals surface area contributed by atoms with E-state index in [1.54, 1.807) is 24.0 Å². The van der Waals surface area contributed by atoms with Gasteiger partial charge in [0.15, 0.2) is 5.82 Å². The van der Waals surface area contributed by atoms with Gasteiger partial charge in [-0.15, -0.1) is 0 Å². The molecule has 0 radical (unpaired) electrons. The van der Waals surface area contributed by atoms with Crippen LogP contribution in [0.2, 0.25) is 0 Å². The normalized spacial score (nSPS) is 23.2. The second-order valence-corrected chi connectivity index (χ2v) is 7.37. The fraction of sp³-hybridized carbons (Fsp3) is 0.722. The van der Waals surface area contributed by atoms with Gasteiger partial charge < -0.3 is 20.3 Å². The SMILES string of the molecule is Cn1ccnc1C(=O)NC[C@@H]1CC[C@H](CC(=O)NCCO)N1CC1CC1. The molecule has 3 N–H and O–H groups in total. The van der Waals surface area contributed by atoms with Crippen molar-refractivity contribution in [1.29, 1.82) is 0 Å². The number of nitrogens with zero attached hydrogens (tertiary/aromatic N) is 3. The summed E-state index contributed by atoms with van der Waals surface area (Å²) < 4.78 is 1.71. The molecule has 1 saturated carbocycles. The molecule has 2 aliphatic rings. The molecule has 1 aliphatic heterocycles. The number of carbonyl (C=O) groups excluding carboxylic acids is 2. The van der Waals surface area contributed by atoms with Gasteiger partial charge in [-0.25, -0.2) is 4.98 Å².